The molecule has 1 atom stereocenters. The summed E-state index contributed by atoms with van der Waals surface area (Å²) in [7, 11) is 3.95. The first-order chi connectivity index (χ1) is 18.6. The molecule has 3 aromatic rings. The van der Waals surface area contributed by atoms with Crippen LogP contribution >= 0.6 is 23.2 Å². The van der Waals surface area contributed by atoms with Gasteiger partial charge in [0.15, 0.2) is 11.5 Å². The number of amides is 1. The molecule has 0 aromatic heterocycles. The minimum Gasteiger partial charge on any atom is -0.508 e. The van der Waals surface area contributed by atoms with Gasteiger partial charge in [0.1, 0.15) is 16.5 Å². The standard InChI is InChI=1S/C28H23Cl2NO8/c1-37-25-18(12-19(29)26(38-2)21(25)30)23(33)20-22(15-8-10-17(32)11-9-15)31(27(35)24(20)34)13-14-4-6-16(7-5-14)28(36)39-3/h4-12,22,32-33H,13H2,1-3H3/b23-20+. The molecular formula is C28H23Cl2NO8. The molecule has 0 bridgehead atoms. The number of aliphatic hydroxyl groups excluding tert-OH is 1. The minimum atomic E-state index is -1.05. The molecule has 0 aliphatic carbocycles. The third kappa shape index (κ3) is 5.10. The third-order valence-electron chi connectivity index (χ3n) is 6.27. The van der Waals surface area contributed by atoms with E-state index >= 15 is 0 Å². The predicted octanol–water partition coefficient (Wildman–Crippen LogP) is 5.12. The summed E-state index contributed by atoms with van der Waals surface area (Å²) in [6, 6.07) is 12.5. The highest BCUT2D eigenvalue weighted by Crippen LogP contribution is 2.47. The van der Waals surface area contributed by atoms with E-state index in [1.165, 1.54) is 56.6 Å². The summed E-state index contributed by atoms with van der Waals surface area (Å²) < 4.78 is 15.3. The summed E-state index contributed by atoms with van der Waals surface area (Å²) in [5.41, 5.74) is 1.13. The average Bonchev–Trinajstić information content (AvgIpc) is 3.18. The second-order valence-corrected chi connectivity index (χ2v) is 9.28. The van der Waals surface area contributed by atoms with Crippen molar-refractivity contribution in [2.75, 3.05) is 21.3 Å². The SMILES string of the molecule is COC(=O)c1ccc(CN2C(=O)C(=O)/C(=C(/O)c3cc(Cl)c(OC)c(Cl)c3OC)C2c2ccc(O)cc2)cc1. The number of aromatic hydroxyl groups is 1. The van der Waals surface area contributed by atoms with Gasteiger partial charge in [0.25, 0.3) is 11.7 Å². The van der Waals surface area contributed by atoms with Crippen LogP contribution in [0.15, 0.2) is 60.2 Å². The van der Waals surface area contributed by atoms with Gasteiger partial charge in [-0.3, -0.25) is 9.59 Å². The van der Waals surface area contributed by atoms with Crippen LogP contribution in [0.5, 0.6) is 17.2 Å². The second kappa shape index (κ2) is 11.3. The molecule has 1 saturated heterocycles. The number of hydrogen-bond acceptors (Lipinski definition) is 8. The topological polar surface area (TPSA) is 123 Å². The predicted molar refractivity (Wildman–Crippen MR) is 143 cm³/mol. The smallest absolute Gasteiger partial charge is 0.337 e. The summed E-state index contributed by atoms with van der Waals surface area (Å²) >= 11 is 12.7. The number of ether oxygens (including phenoxy) is 3. The van der Waals surface area contributed by atoms with Gasteiger partial charge in [-0.25, -0.2) is 4.79 Å². The number of phenolic OH excluding ortho intramolecular Hbond substituents is 1. The molecule has 1 aliphatic heterocycles. The van der Waals surface area contributed by atoms with E-state index in [2.05, 4.69) is 0 Å². The van der Waals surface area contributed by atoms with Gasteiger partial charge >= 0.3 is 5.97 Å². The number of ketones is 1. The number of aliphatic hydroxyl groups is 1. The molecular weight excluding hydrogens is 549 g/mol. The van der Waals surface area contributed by atoms with E-state index in [9.17, 15) is 24.6 Å². The Morgan fingerprint density at radius 2 is 1.56 bits per heavy atom. The Labute approximate surface area is 233 Å². The van der Waals surface area contributed by atoms with Crippen LogP contribution in [0.25, 0.3) is 5.76 Å². The van der Waals surface area contributed by atoms with Gasteiger partial charge in [-0.05, 0) is 41.5 Å². The molecule has 1 fully saturated rings. The van der Waals surface area contributed by atoms with Crippen molar-refractivity contribution in [1.29, 1.82) is 0 Å². The Balaban J connectivity index is 1.88. The molecule has 1 amide bonds. The van der Waals surface area contributed by atoms with E-state index in [1.807, 2.05) is 0 Å². The van der Waals surface area contributed by atoms with E-state index in [-0.39, 0.29) is 45.0 Å². The fourth-order valence-corrected chi connectivity index (χ4v) is 5.09. The van der Waals surface area contributed by atoms with Gasteiger partial charge < -0.3 is 29.3 Å². The Bertz CT molecular complexity index is 1480. The van der Waals surface area contributed by atoms with Crippen molar-refractivity contribution in [2.45, 2.75) is 12.6 Å². The highest BCUT2D eigenvalue weighted by molar-refractivity contribution is 6.47. The Hall–Kier alpha value is -4.21. The normalized spacial score (nSPS) is 16.3. The lowest BCUT2D eigenvalue weighted by molar-refractivity contribution is -0.140. The maximum absolute atomic E-state index is 13.4. The fourth-order valence-electron chi connectivity index (χ4n) is 4.40. The molecule has 1 aliphatic rings. The van der Waals surface area contributed by atoms with Crippen LogP contribution in [0, 0.1) is 0 Å². The van der Waals surface area contributed by atoms with Gasteiger partial charge in [0.2, 0.25) is 0 Å². The summed E-state index contributed by atoms with van der Waals surface area (Å²) in [4.78, 5) is 39.8. The number of Topliss-reactive ketones (excluding diaryl/α,β-unsaturated/α-hetero) is 1. The maximum atomic E-state index is 13.4. The van der Waals surface area contributed by atoms with Crippen molar-refractivity contribution in [3.8, 4) is 17.2 Å². The molecule has 0 radical (unpaired) electrons. The lowest BCUT2D eigenvalue weighted by atomic mass is 9.94. The number of likely N-dealkylation sites (tertiary alicyclic amines) is 1. The number of methoxy groups -OCH3 is 3. The van der Waals surface area contributed by atoms with Crippen LogP contribution in [0.1, 0.15) is 33.1 Å². The molecule has 1 unspecified atom stereocenters. The monoisotopic (exact) mass is 571 g/mol. The molecule has 39 heavy (non-hydrogen) atoms. The lowest BCUT2D eigenvalue weighted by Gasteiger charge is -2.26. The van der Waals surface area contributed by atoms with Gasteiger partial charge in [-0.2, -0.15) is 0 Å². The third-order valence-corrected chi connectivity index (χ3v) is 6.90. The van der Waals surface area contributed by atoms with Crippen LogP contribution in [-0.4, -0.2) is 54.1 Å². The minimum absolute atomic E-state index is 0.00975. The molecule has 0 saturated carbocycles. The zero-order valence-corrected chi connectivity index (χ0v) is 22.5. The van der Waals surface area contributed by atoms with Crippen molar-refractivity contribution >= 4 is 46.6 Å². The van der Waals surface area contributed by atoms with Crippen molar-refractivity contribution in [1.82, 2.24) is 4.90 Å². The summed E-state index contributed by atoms with van der Waals surface area (Å²) in [5.74, 6) is -2.81. The number of halogens is 2. The highest BCUT2D eigenvalue weighted by atomic mass is 35.5. The molecule has 0 spiro atoms. The molecule has 9 nitrogen and oxygen atoms in total. The Kier molecular flexibility index (Phi) is 8.03. The first-order valence-corrected chi connectivity index (χ1v) is 12.2. The van der Waals surface area contributed by atoms with Crippen molar-refractivity contribution < 1.29 is 38.8 Å². The summed E-state index contributed by atoms with van der Waals surface area (Å²) in [5, 5.41) is 21.3. The number of nitrogens with zero attached hydrogens (tertiary/aromatic N) is 1. The number of carbonyl (C=O) groups is 3. The number of phenols is 1. The van der Waals surface area contributed by atoms with Gasteiger partial charge in [-0.1, -0.05) is 47.5 Å². The van der Waals surface area contributed by atoms with Gasteiger partial charge in [-0.15, -0.1) is 0 Å². The first-order valence-electron chi connectivity index (χ1n) is 11.5. The quantitative estimate of drug-likeness (QED) is 0.173. The van der Waals surface area contributed by atoms with Crippen LogP contribution in [0.4, 0.5) is 0 Å². The first kappa shape index (κ1) is 27.8. The largest absolute Gasteiger partial charge is 0.508 e. The summed E-state index contributed by atoms with van der Waals surface area (Å²) in [6.07, 6.45) is 0. The van der Waals surface area contributed by atoms with Crippen molar-refractivity contribution in [3.05, 3.63) is 92.5 Å². The van der Waals surface area contributed by atoms with Crippen molar-refractivity contribution in [2.24, 2.45) is 0 Å². The highest BCUT2D eigenvalue weighted by Gasteiger charge is 2.46. The number of esters is 1. The number of carbonyl (C=O) groups excluding carboxylic acids is 3. The number of rotatable bonds is 7. The molecule has 3 aromatic carbocycles. The zero-order valence-electron chi connectivity index (χ0n) is 21.0. The van der Waals surface area contributed by atoms with Crippen molar-refractivity contribution in [3.63, 3.8) is 0 Å². The molecule has 1 heterocycles. The number of hydrogen-bond donors (Lipinski definition) is 2. The van der Waals surface area contributed by atoms with Crippen LogP contribution < -0.4 is 9.47 Å². The van der Waals surface area contributed by atoms with Gasteiger partial charge in [0, 0.05) is 6.54 Å². The molecule has 202 valence electrons. The second-order valence-electron chi connectivity index (χ2n) is 8.49. The molecule has 2 N–H and O–H groups in total. The van der Waals surface area contributed by atoms with E-state index < -0.39 is 29.5 Å². The van der Waals surface area contributed by atoms with E-state index in [1.54, 1.807) is 24.3 Å². The Morgan fingerprint density at radius 1 is 0.949 bits per heavy atom. The Morgan fingerprint density at radius 3 is 2.13 bits per heavy atom. The van der Waals surface area contributed by atoms with E-state index in [0.29, 0.717) is 16.7 Å². The molecule has 4 rings (SSSR count). The fraction of sp³-hybridized carbons (Fsp3) is 0.179. The van der Waals surface area contributed by atoms with Crippen LogP contribution in [-0.2, 0) is 20.9 Å². The van der Waals surface area contributed by atoms with E-state index in [4.69, 9.17) is 37.4 Å². The van der Waals surface area contributed by atoms with Gasteiger partial charge in [0.05, 0.1) is 49.1 Å². The van der Waals surface area contributed by atoms with Crippen LogP contribution in [0.3, 0.4) is 0 Å². The van der Waals surface area contributed by atoms with Crippen LogP contribution in [0.2, 0.25) is 10.0 Å². The lowest BCUT2D eigenvalue weighted by Crippen LogP contribution is -2.29. The molecule has 11 heteroatoms. The maximum Gasteiger partial charge on any atom is 0.337 e. The number of benzene rings is 3. The zero-order chi connectivity index (χ0) is 28.4. The summed E-state index contributed by atoms with van der Waals surface area (Å²) in [6.45, 7) is -0.0321. The van der Waals surface area contributed by atoms with E-state index in [0.717, 1.165) is 0 Å². The average molecular weight is 572 g/mol.